The predicted molar refractivity (Wildman–Crippen MR) is 82.1 cm³/mol. The zero-order valence-corrected chi connectivity index (χ0v) is 12.9. The third kappa shape index (κ3) is 2.55. The third-order valence-electron chi connectivity index (χ3n) is 3.76. The number of ether oxygens (including phenoxy) is 1. The van der Waals surface area contributed by atoms with Crippen molar-refractivity contribution in [3.05, 3.63) is 23.5 Å². The molecular weight excluding hydrogens is 298 g/mol. The van der Waals surface area contributed by atoms with Gasteiger partial charge in [0.05, 0.1) is 6.61 Å². The summed E-state index contributed by atoms with van der Waals surface area (Å²) in [6.45, 7) is 0.860. The molecule has 1 aliphatic heterocycles. The fourth-order valence-electron chi connectivity index (χ4n) is 2.67. The molecule has 5 nitrogen and oxygen atoms in total. The molecule has 0 radical (unpaired) electrons. The highest BCUT2D eigenvalue weighted by Gasteiger charge is 2.46. The lowest BCUT2D eigenvalue weighted by Crippen LogP contribution is -2.47. The molecular formula is C13H18ClN3O2S. The topological polar surface area (TPSA) is 67.6 Å². The van der Waals surface area contributed by atoms with E-state index >= 15 is 0 Å². The predicted octanol–water partition coefficient (Wildman–Crippen LogP) is 1.10. The Bertz CT molecular complexity index is 492. The van der Waals surface area contributed by atoms with E-state index in [0.717, 1.165) is 17.7 Å². The van der Waals surface area contributed by atoms with Crippen molar-refractivity contribution in [3.63, 3.8) is 0 Å². The standard InChI is InChI=1S/C13H18ClN3O2S/c1-19-8-13(11(15)18)4-2-9-3-6-17(7-5-14)12(20)16-10(9)13/h3,6H,2,4-5,7-8H2,1H3,(H2,15,18)(H,16,20)/t13-/m1/s1. The smallest absolute Gasteiger partial charge is 0.231 e. The van der Waals surface area contributed by atoms with Crippen molar-refractivity contribution in [1.29, 1.82) is 0 Å². The van der Waals surface area contributed by atoms with Crippen LogP contribution in [0.15, 0.2) is 23.5 Å². The molecule has 2 rings (SSSR count). The van der Waals surface area contributed by atoms with E-state index in [-0.39, 0.29) is 12.5 Å². The van der Waals surface area contributed by atoms with Gasteiger partial charge in [-0.25, -0.2) is 0 Å². The van der Waals surface area contributed by atoms with E-state index in [1.54, 1.807) is 7.11 Å². The molecule has 3 N–H and O–H groups in total. The van der Waals surface area contributed by atoms with Crippen molar-refractivity contribution in [2.75, 3.05) is 26.1 Å². The number of hydrogen-bond donors (Lipinski definition) is 2. The number of alkyl halides is 1. The maximum absolute atomic E-state index is 12.0. The van der Waals surface area contributed by atoms with Crippen LogP contribution in [-0.2, 0) is 9.53 Å². The summed E-state index contributed by atoms with van der Waals surface area (Å²) in [5, 5.41) is 3.69. The van der Waals surface area contributed by atoms with Crippen LogP contribution in [-0.4, -0.2) is 42.1 Å². The van der Waals surface area contributed by atoms with Gasteiger partial charge in [0, 0.05) is 31.4 Å². The Kier molecular flexibility index (Phi) is 4.67. The minimum Gasteiger partial charge on any atom is -0.383 e. The largest absolute Gasteiger partial charge is 0.383 e. The fourth-order valence-corrected chi connectivity index (χ4v) is 3.11. The number of carbonyl (C=O) groups is 1. The van der Waals surface area contributed by atoms with Crippen LogP contribution in [0.2, 0.25) is 0 Å². The van der Waals surface area contributed by atoms with Crippen molar-refractivity contribution in [3.8, 4) is 0 Å². The number of amides is 1. The van der Waals surface area contributed by atoms with Gasteiger partial charge in [0.15, 0.2) is 5.11 Å². The van der Waals surface area contributed by atoms with Gasteiger partial charge in [-0.1, -0.05) is 0 Å². The van der Waals surface area contributed by atoms with Gasteiger partial charge in [-0.2, -0.15) is 0 Å². The number of methoxy groups -OCH3 is 1. The first-order valence-electron chi connectivity index (χ1n) is 6.39. The second-order valence-corrected chi connectivity index (χ2v) is 5.67. The zero-order valence-electron chi connectivity index (χ0n) is 11.3. The van der Waals surface area contributed by atoms with Gasteiger partial charge in [-0.3, -0.25) is 4.79 Å². The first-order chi connectivity index (χ1) is 9.55. The number of halogens is 1. The Morgan fingerprint density at radius 3 is 3.05 bits per heavy atom. The molecule has 1 atom stereocenters. The van der Waals surface area contributed by atoms with Gasteiger partial charge >= 0.3 is 0 Å². The van der Waals surface area contributed by atoms with Gasteiger partial charge in [-0.05, 0) is 36.7 Å². The Labute approximate surface area is 128 Å². The molecule has 20 heavy (non-hydrogen) atoms. The molecule has 1 amide bonds. The van der Waals surface area contributed by atoms with Crippen LogP contribution >= 0.6 is 23.8 Å². The van der Waals surface area contributed by atoms with E-state index in [2.05, 4.69) is 5.32 Å². The zero-order chi connectivity index (χ0) is 14.8. The second-order valence-electron chi connectivity index (χ2n) is 4.91. The molecule has 0 aromatic carbocycles. The van der Waals surface area contributed by atoms with Crippen LogP contribution < -0.4 is 11.1 Å². The molecule has 0 fully saturated rings. The molecule has 0 aromatic heterocycles. The van der Waals surface area contributed by atoms with E-state index in [9.17, 15) is 4.79 Å². The van der Waals surface area contributed by atoms with Gasteiger partial charge in [0.25, 0.3) is 0 Å². The highest BCUT2D eigenvalue weighted by molar-refractivity contribution is 7.80. The van der Waals surface area contributed by atoms with Crippen molar-refractivity contribution >= 4 is 34.8 Å². The SMILES string of the molecule is COC[C@]1(C(N)=O)CCC2=C1NC(=S)N(CCCl)C=C2. The van der Waals surface area contributed by atoms with E-state index in [0.29, 0.717) is 24.0 Å². The molecule has 1 aliphatic carbocycles. The first kappa shape index (κ1) is 15.3. The molecule has 0 spiro atoms. The normalized spacial score (nSPS) is 25.5. The van der Waals surface area contributed by atoms with Gasteiger partial charge in [-0.15, -0.1) is 11.6 Å². The van der Waals surface area contributed by atoms with Crippen molar-refractivity contribution in [1.82, 2.24) is 10.2 Å². The molecule has 7 heteroatoms. The monoisotopic (exact) mass is 315 g/mol. The van der Waals surface area contributed by atoms with Crippen LogP contribution in [0.4, 0.5) is 0 Å². The maximum Gasteiger partial charge on any atom is 0.231 e. The number of allylic oxidation sites excluding steroid dienone is 2. The average Bonchev–Trinajstić information content (AvgIpc) is 2.66. The van der Waals surface area contributed by atoms with Crippen molar-refractivity contribution in [2.24, 2.45) is 11.1 Å². The lowest BCUT2D eigenvalue weighted by molar-refractivity contribution is -0.128. The maximum atomic E-state index is 12.0. The highest BCUT2D eigenvalue weighted by atomic mass is 35.5. The quantitative estimate of drug-likeness (QED) is 0.587. The first-order valence-corrected chi connectivity index (χ1v) is 7.33. The van der Waals surface area contributed by atoms with E-state index in [1.165, 1.54) is 0 Å². The average molecular weight is 316 g/mol. The summed E-state index contributed by atoms with van der Waals surface area (Å²) in [7, 11) is 1.56. The van der Waals surface area contributed by atoms with Crippen LogP contribution in [0.5, 0.6) is 0 Å². The van der Waals surface area contributed by atoms with Crippen LogP contribution in [0.1, 0.15) is 12.8 Å². The van der Waals surface area contributed by atoms with Gasteiger partial charge < -0.3 is 20.7 Å². The van der Waals surface area contributed by atoms with E-state index in [4.69, 9.17) is 34.3 Å². The van der Waals surface area contributed by atoms with Crippen LogP contribution in [0.3, 0.4) is 0 Å². The molecule has 110 valence electrons. The molecule has 1 heterocycles. The van der Waals surface area contributed by atoms with Gasteiger partial charge in [0.2, 0.25) is 5.91 Å². The minimum atomic E-state index is -0.824. The molecule has 0 saturated carbocycles. The molecule has 2 aliphatic rings. The molecule has 0 unspecified atom stereocenters. The van der Waals surface area contributed by atoms with E-state index in [1.807, 2.05) is 17.2 Å². The number of rotatable bonds is 5. The highest BCUT2D eigenvalue weighted by Crippen LogP contribution is 2.43. The number of nitrogens with two attached hydrogens (primary N) is 1. The van der Waals surface area contributed by atoms with E-state index < -0.39 is 5.41 Å². The number of thiocarbonyl (C=S) groups is 1. The Morgan fingerprint density at radius 2 is 2.45 bits per heavy atom. The summed E-state index contributed by atoms with van der Waals surface area (Å²) in [5.41, 5.74) is 6.61. The lowest BCUT2D eigenvalue weighted by atomic mass is 9.84. The number of nitrogens with one attached hydrogen (secondary N) is 1. The summed E-state index contributed by atoms with van der Waals surface area (Å²) in [6, 6.07) is 0. The summed E-state index contributed by atoms with van der Waals surface area (Å²) in [6.07, 6.45) is 5.26. The molecule has 0 saturated heterocycles. The summed E-state index contributed by atoms with van der Waals surface area (Å²) < 4.78 is 5.21. The van der Waals surface area contributed by atoms with Gasteiger partial charge in [0.1, 0.15) is 5.41 Å². The number of hydrogen-bond acceptors (Lipinski definition) is 3. The number of nitrogens with zero attached hydrogens (tertiary/aromatic N) is 1. The summed E-state index contributed by atoms with van der Waals surface area (Å²) in [4.78, 5) is 13.8. The third-order valence-corrected chi connectivity index (χ3v) is 4.26. The Hall–Kier alpha value is -1.11. The van der Waals surface area contributed by atoms with Crippen LogP contribution in [0.25, 0.3) is 0 Å². The lowest BCUT2D eigenvalue weighted by Gasteiger charge is -2.30. The van der Waals surface area contributed by atoms with Crippen molar-refractivity contribution < 1.29 is 9.53 Å². The van der Waals surface area contributed by atoms with Crippen LogP contribution in [0, 0.1) is 5.41 Å². The van der Waals surface area contributed by atoms with Crippen molar-refractivity contribution in [2.45, 2.75) is 12.8 Å². The fraction of sp³-hybridized carbons (Fsp3) is 0.538. The Morgan fingerprint density at radius 1 is 1.70 bits per heavy atom. The number of carbonyl (C=O) groups excluding carboxylic acids is 1. The summed E-state index contributed by atoms with van der Waals surface area (Å²) >= 11 is 11.1. The molecule has 0 aromatic rings. The summed E-state index contributed by atoms with van der Waals surface area (Å²) in [5.74, 6) is 0.0782. The Balaban J connectivity index is 2.34. The minimum absolute atomic E-state index is 0.250. The number of primary amides is 1. The second kappa shape index (κ2) is 6.11. The molecule has 0 bridgehead atoms.